The molecule has 41 heavy (non-hydrogen) atoms. The average Bonchev–Trinajstić information content (AvgIpc) is 3.45. The third kappa shape index (κ3) is 6.93. The molecule has 0 bridgehead atoms. The number of nitrogens with one attached hydrogen (secondary N) is 3. The Bertz CT molecular complexity index is 1800. The van der Waals surface area contributed by atoms with E-state index in [4.69, 9.17) is 0 Å². The van der Waals surface area contributed by atoms with Gasteiger partial charge in [0, 0.05) is 42.1 Å². The fourth-order valence-corrected chi connectivity index (χ4v) is 4.82. The molecule has 12 nitrogen and oxygen atoms in total. The normalized spacial score (nSPS) is 11.3. The lowest BCUT2D eigenvalue weighted by Crippen LogP contribution is -2.27. The summed E-state index contributed by atoms with van der Waals surface area (Å²) in [7, 11) is -3.90. The minimum atomic E-state index is -3.90. The van der Waals surface area contributed by atoms with Gasteiger partial charge in [-0.15, -0.1) is 5.10 Å². The summed E-state index contributed by atoms with van der Waals surface area (Å²) in [6.45, 7) is 1.97. The fourth-order valence-electron chi connectivity index (χ4n) is 3.77. The predicted octanol–water partition coefficient (Wildman–Crippen LogP) is 3.55. The van der Waals surface area contributed by atoms with E-state index in [1.54, 1.807) is 36.8 Å². The first-order chi connectivity index (χ1) is 19.8. The van der Waals surface area contributed by atoms with Crippen molar-refractivity contribution >= 4 is 33.3 Å². The second-order valence-electron chi connectivity index (χ2n) is 8.84. The maximum absolute atomic E-state index is 13.4. The van der Waals surface area contributed by atoms with Gasteiger partial charge in [0.15, 0.2) is 5.69 Å². The number of carbonyl (C=O) groups is 1. The van der Waals surface area contributed by atoms with Gasteiger partial charge in [-0.25, -0.2) is 27.5 Å². The molecule has 1 amide bonds. The zero-order valence-electron chi connectivity index (χ0n) is 21.7. The number of hydrogen-bond donors (Lipinski definition) is 3. The topological polar surface area (TPSA) is 157 Å². The SMILES string of the molecule is Cc1ccc(NC(=O)c2cn(CCNS(=O)(=O)c3cccc(F)c3)nn2)cc1Nc1nccc(-c2cccnc2)n1. The van der Waals surface area contributed by atoms with Crippen LogP contribution in [0.2, 0.25) is 0 Å². The van der Waals surface area contributed by atoms with Crippen LogP contribution < -0.4 is 15.4 Å². The van der Waals surface area contributed by atoms with Crippen molar-refractivity contribution in [1.82, 2.24) is 34.7 Å². The van der Waals surface area contributed by atoms with E-state index in [-0.39, 0.29) is 23.7 Å². The molecule has 14 heteroatoms. The summed E-state index contributed by atoms with van der Waals surface area (Å²) in [6.07, 6.45) is 6.45. The van der Waals surface area contributed by atoms with E-state index in [1.807, 2.05) is 25.1 Å². The van der Waals surface area contributed by atoms with Crippen molar-refractivity contribution in [2.45, 2.75) is 18.4 Å². The van der Waals surface area contributed by atoms with Crippen LogP contribution in [0.15, 0.2) is 90.3 Å². The average molecular weight is 574 g/mol. The highest BCUT2D eigenvalue weighted by atomic mass is 32.2. The molecule has 3 aromatic heterocycles. The molecule has 0 aliphatic carbocycles. The number of aromatic nitrogens is 6. The van der Waals surface area contributed by atoms with E-state index in [2.05, 4.69) is 40.6 Å². The Hall–Kier alpha value is -5.08. The minimum absolute atomic E-state index is 0.0414. The number of nitrogens with zero attached hydrogens (tertiary/aromatic N) is 6. The van der Waals surface area contributed by atoms with Gasteiger partial charge in [-0.05, 0) is 61.0 Å². The number of pyridine rings is 1. The monoisotopic (exact) mass is 573 g/mol. The molecule has 0 aliphatic rings. The Morgan fingerprint density at radius 3 is 2.73 bits per heavy atom. The molecule has 208 valence electrons. The number of carbonyl (C=O) groups excluding carboxylic acids is 1. The summed E-state index contributed by atoms with van der Waals surface area (Å²) in [5.41, 5.74) is 3.71. The number of halogens is 1. The van der Waals surface area contributed by atoms with Crippen LogP contribution in [-0.2, 0) is 16.6 Å². The van der Waals surface area contributed by atoms with Gasteiger partial charge >= 0.3 is 0 Å². The summed E-state index contributed by atoms with van der Waals surface area (Å²) >= 11 is 0. The first-order valence-electron chi connectivity index (χ1n) is 12.3. The molecule has 0 aliphatic heterocycles. The van der Waals surface area contributed by atoms with Crippen molar-refractivity contribution in [2.75, 3.05) is 17.2 Å². The van der Waals surface area contributed by atoms with Crippen molar-refractivity contribution in [3.8, 4) is 11.3 Å². The van der Waals surface area contributed by atoms with Gasteiger partial charge in [0.1, 0.15) is 5.82 Å². The maximum Gasteiger partial charge on any atom is 0.277 e. The number of amides is 1. The van der Waals surface area contributed by atoms with Crippen LogP contribution in [0.25, 0.3) is 11.3 Å². The summed E-state index contributed by atoms with van der Waals surface area (Å²) in [5.74, 6) is -0.769. The molecule has 0 fully saturated rings. The predicted molar refractivity (Wildman–Crippen MR) is 149 cm³/mol. The van der Waals surface area contributed by atoms with Gasteiger partial charge in [-0.2, -0.15) is 0 Å². The molecular formula is C27H24FN9O3S. The van der Waals surface area contributed by atoms with E-state index in [0.29, 0.717) is 23.0 Å². The van der Waals surface area contributed by atoms with Crippen LogP contribution in [0.4, 0.5) is 21.7 Å². The van der Waals surface area contributed by atoms with Crippen molar-refractivity contribution in [3.63, 3.8) is 0 Å². The first kappa shape index (κ1) is 27.5. The van der Waals surface area contributed by atoms with Gasteiger partial charge in [-0.1, -0.05) is 17.3 Å². The second kappa shape index (κ2) is 12.0. The number of rotatable bonds is 10. The lowest BCUT2D eigenvalue weighted by Gasteiger charge is -2.11. The molecule has 5 rings (SSSR count). The summed E-state index contributed by atoms with van der Waals surface area (Å²) in [4.78, 5) is 25.6. The van der Waals surface area contributed by atoms with E-state index in [9.17, 15) is 17.6 Å². The zero-order valence-corrected chi connectivity index (χ0v) is 22.5. The molecule has 0 spiro atoms. The largest absolute Gasteiger partial charge is 0.324 e. The van der Waals surface area contributed by atoms with Crippen LogP contribution in [-0.4, -0.2) is 50.8 Å². The Morgan fingerprint density at radius 2 is 1.93 bits per heavy atom. The summed E-state index contributed by atoms with van der Waals surface area (Å²) in [5, 5.41) is 13.7. The van der Waals surface area contributed by atoms with Gasteiger partial charge in [-0.3, -0.25) is 14.5 Å². The number of hydrogen-bond acceptors (Lipinski definition) is 9. The first-order valence-corrected chi connectivity index (χ1v) is 13.8. The van der Waals surface area contributed by atoms with Crippen molar-refractivity contribution < 1.29 is 17.6 Å². The molecule has 0 atom stereocenters. The van der Waals surface area contributed by atoms with Gasteiger partial charge in [0.2, 0.25) is 16.0 Å². The van der Waals surface area contributed by atoms with Gasteiger partial charge in [0.05, 0.1) is 23.3 Å². The molecule has 0 saturated carbocycles. The molecule has 5 aromatic rings. The summed E-state index contributed by atoms with van der Waals surface area (Å²) in [6, 6.07) is 15.6. The van der Waals surface area contributed by atoms with E-state index < -0.39 is 21.7 Å². The maximum atomic E-state index is 13.4. The quantitative estimate of drug-likeness (QED) is 0.227. The molecular weight excluding hydrogens is 549 g/mol. The smallest absolute Gasteiger partial charge is 0.277 e. The van der Waals surface area contributed by atoms with Gasteiger partial charge < -0.3 is 10.6 Å². The van der Waals surface area contributed by atoms with E-state index in [0.717, 1.165) is 23.3 Å². The standard InChI is InChI=1S/C27H24FN9O3S/c1-18-7-8-21(15-24(18)34-27-30-11-9-23(33-27)19-4-3-10-29-16-19)32-26(38)25-17-37(36-35-25)13-12-31-41(39,40)22-6-2-5-20(28)14-22/h2-11,14-17,31H,12-13H2,1H3,(H,32,38)(H,30,33,34). The van der Waals surface area contributed by atoms with Crippen molar-refractivity contribution in [3.05, 3.63) is 103 Å². The Balaban J connectivity index is 1.20. The Kier molecular flexibility index (Phi) is 8.03. The lowest BCUT2D eigenvalue weighted by atomic mass is 10.1. The Morgan fingerprint density at radius 1 is 1.05 bits per heavy atom. The van der Waals surface area contributed by atoms with Crippen molar-refractivity contribution in [1.29, 1.82) is 0 Å². The number of anilines is 3. The zero-order chi connectivity index (χ0) is 28.8. The van der Waals surface area contributed by atoms with Crippen LogP contribution >= 0.6 is 0 Å². The highest BCUT2D eigenvalue weighted by Crippen LogP contribution is 2.24. The molecule has 0 saturated heterocycles. The van der Waals surface area contributed by atoms with Crippen LogP contribution in [0.5, 0.6) is 0 Å². The highest BCUT2D eigenvalue weighted by molar-refractivity contribution is 7.89. The molecule has 3 N–H and O–H groups in total. The molecule has 0 unspecified atom stereocenters. The number of benzene rings is 2. The third-order valence-electron chi connectivity index (χ3n) is 5.87. The lowest BCUT2D eigenvalue weighted by molar-refractivity contribution is 0.102. The van der Waals surface area contributed by atoms with Gasteiger partial charge in [0.25, 0.3) is 5.91 Å². The van der Waals surface area contributed by atoms with Crippen molar-refractivity contribution in [2.24, 2.45) is 0 Å². The fraction of sp³-hybridized carbons (Fsp3) is 0.111. The molecule has 0 radical (unpaired) electrons. The number of aryl methyl sites for hydroxylation is 1. The van der Waals surface area contributed by atoms with Crippen LogP contribution in [0.3, 0.4) is 0 Å². The second-order valence-corrected chi connectivity index (χ2v) is 10.6. The summed E-state index contributed by atoms with van der Waals surface area (Å²) < 4.78 is 41.7. The highest BCUT2D eigenvalue weighted by Gasteiger charge is 2.16. The minimum Gasteiger partial charge on any atom is -0.324 e. The van der Waals surface area contributed by atoms with E-state index in [1.165, 1.54) is 23.0 Å². The molecule has 2 aromatic carbocycles. The van der Waals surface area contributed by atoms with E-state index >= 15 is 0 Å². The number of sulfonamides is 1. The van der Waals surface area contributed by atoms with Crippen LogP contribution in [0, 0.1) is 12.7 Å². The molecule has 3 heterocycles. The third-order valence-corrected chi connectivity index (χ3v) is 7.32. The van der Waals surface area contributed by atoms with Crippen LogP contribution in [0.1, 0.15) is 16.1 Å². The Labute approximate surface area is 234 Å².